The Morgan fingerprint density at radius 2 is 2.10 bits per heavy atom. The molecule has 0 unspecified atom stereocenters. The monoisotopic (exact) mass is 144 g/mol. The number of hydrogen-bond donors (Lipinski definition) is 2. The zero-order valence-corrected chi connectivity index (χ0v) is 6.67. The maximum absolute atomic E-state index is 9.35. The molecule has 0 heterocycles. The van der Waals surface area contributed by atoms with Gasteiger partial charge < -0.3 is 10.2 Å². The second kappa shape index (κ2) is 2.51. The molecule has 1 aliphatic carbocycles. The SMILES string of the molecule is C[C@@H]1C[C@](C)(CO)C[C@H]1O. The molecule has 1 saturated carbocycles. The molecule has 0 aromatic rings. The maximum Gasteiger partial charge on any atom is 0.0572 e. The zero-order valence-electron chi connectivity index (χ0n) is 6.67. The summed E-state index contributed by atoms with van der Waals surface area (Å²) in [7, 11) is 0. The predicted octanol–water partition coefficient (Wildman–Crippen LogP) is 0.776. The quantitative estimate of drug-likeness (QED) is 0.571. The van der Waals surface area contributed by atoms with E-state index in [1.165, 1.54) is 0 Å². The molecule has 2 heteroatoms. The van der Waals surface area contributed by atoms with E-state index in [2.05, 4.69) is 0 Å². The van der Waals surface area contributed by atoms with Gasteiger partial charge in [0.2, 0.25) is 0 Å². The van der Waals surface area contributed by atoms with Crippen molar-refractivity contribution in [2.24, 2.45) is 11.3 Å². The smallest absolute Gasteiger partial charge is 0.0572 e. The molecule has 0 bridgehead atoms. The molecule has 0 amide bonds. The van der Waals surface area contributed by atoms with Crippen LogP contribution in [0.1, 0.15) is 26.7 Å². The van der Waals surface area contributed by atoms with Gasteiger partial charge in [0.25, 0.3) is 0 Å². The van der Waals surface area contributed by atoms with Crippen molar-refractivity contribution in [2.45, 2.75) is 32.8 Å². The largest absolute Gasteiger partial charge is 0.396 e. The zero-order chi connectivity index (χ0) is 7.78. The van der Waals surface area contributed by atoms with Crippen LogP contribution in [0.25, 0.3) is 0 Å². The summed E-state index contributed by atoms with van der Waals surface area (Å²) in [5, 5.41) is 18.3. The molecule has 0 spiro atoms. The van der Waals surface area contributed by atoms with E-state index < -0.39 is 0 Å². The molecule has 0 saturated heterocycles. The second-order valence-electron chi connectivity index (χ2n) is 3.92. The molecule has 0 aromatic heterocycles. The fraction of sp³-hybridized carbons (Fsp3) is 1.00. The van der Waals surface area contributed by atoms with Crippen molar-refractivity contribution < 1.29 is 10.2 Å². The molecule has 0 radical (unpaired) electrons. The highest BCUT2D eigenvalue weighted by molar-refractivity contribution is 4.88. The molecule has 2 N–H and O–H groups in total. The van der Waals surface area contributed by atoms with E-state index in [9.17, 15) is 5.11 Å². The molecule has 2 nitrogen and oxygen atoms in total. The predicted molar refractivity (Wildman–Crippen MR) is 39.6 cm³/mol. The van der Waals surface area contributed by atoms with Crippen LogP contribution in [0, 0.1) is 11.3 Å². The topological polar surface area (TPSA) is 40.5 Å². The lowest BCUT2D eigenvalue weighted by molar-refractivity contribution is 0.111. The van der Waals surface area contributed by atoms with E-state index in [0.29, 0.717) is 5.92 Å². The van der Waals surface area contributed by atoms with Gasteiger partial charge in [0, 0.05) is 6.61 Å². The van der Waals surface area contributed by atoms with Crippen LogP contribution in [-0.2, 0) is 0 Å². The summed E-state index contributed by atoms with van der Waals surface area (Å²) >= 11 is 0. The first kappa shape index (κ1) is 8.02. The van der Waals surface area contributed by atoms with E-state index in [0.717, 1.165) is 12.8 Å². The summed E-state index contributed by atoms with van der Waals surface area (Å²) in [4.78, 5) is 0. The molecule has 0 aromatic carbocycles. The Morgan fingerprint density at radius 3 is 2.30 bits per heavy atom. The van der Waals surface area contributed by atoms with Gasteiger partial charge in [0.15, 0.2) is 0 Å². The van der Waals surface area contributed by atoms with E-state index in [1.54, 1.807) is 0 Å². The first-order valence-corrected chi connectivity index (χ1v) is 3.86. The normalized spacial score (nSPS) is 48.0. The molecule has 10 heavy (non-hydrogen) atoms. The van der Waals surface area contributed by atoms with Crippen LogP contribution in [0.15, 0.2) is 0 Å². The number of rotatable bonds is 1. The van der Waals surface area contributed by atoms with Gasteiger partial charge in [-0.25, -0.2) is 0 Å². The van der Waals surface area contributed by atoms with E-state index in [-0.39, 0.29) is 18.1 Å². The third kappa shape index (κ3) is 1.32. The summed E-state index contributed by atoms with van der Waals surface area (Å²) in [6, 6.07) is 0. The van der Waals surface area contributed by atoms with Crippen molar-refractivity contribution in [3.8, 4) is 0 Å². The molecule has 0 aliphatic heterocycles. The molecular weight excluding hydrogens is 128 g/mol. The number of aliphatic hydroxyl groups is 2. The first-order chi connectivity index (χ1) is 4.57. The van der Waals surface area contributed by atoms with Crippen LogP contribution in [-0.4, -0.2) is 22.9 Å². The lowest BCUT2D eigenvalue weighted by atomic mass is 9.89. The third-order valence-electron chi connectivity index (χ3n) is 2.56. The van der Waals surface area contributed by atoms with Gasteiger partial charge in [-0.2, -0.15) is 0 Å². The molecule has 1 fully saturated rings. The summed E-state index contributed by atoms with van der Waals surface area (Å²) in [5.74, 6) is 0.358. The Hall–Kier alpha value is -0.0800. The van der Waals surface area contributed by atoms with Crippen molar-refractivity contribution in [3.05, 3.63) is 0 Å². The van der Waals surface area contributed by atoms with Crippen LogP contribution < -0.4 is 0 Å². The Morgan fingerprint density at radius 1 is 1.50 bits per heavy atom. The van der Waals surface area contributed by atoms with Gasteiger partial charge in [0.05, 0.1) is 6.10 Å². The van der Waals surface area contributed by atoms with Gasteiger partial charge in [-0.05, 0) is 24.2 Å². The van der Waals surface area contributed by atoms with Crippen molar-refractivity contribution in [1.29, 1.82) is 0 Å². The summed E-state index contributed by atoms with van der Waals surface area (Å²) < 4.78 is 0. The fourth-order valence-electron chi connectivity index (χ4n) is 1.83. The van der Waals surface area contributed by atoms with Crippen LogP contribution >= 0.6 is 0 Å². The van der Waals surface area contributed by atoms with Crippen LogP contribution in [0.4, 0.5) is 0 Å². The minimum absolute atomic E-state index is 0.0150. The summed E-state index contributed by atoms with van der Waals surface area (Å²) in [6.07, 6.45) is 1.51. The molecule has 1 rings (SSSR count). The standard InChI is InChI=1S/C8H16O2/c1-6-3-8(2,5-9)4-7(6)10/h6-7,9-10H,3-5H2,1-2H3/t6-,7-,8+/m1/s1. The Kier molecular flexibility index (Phi) is 2.02. The maximum atomic E-state index is 9.35. The average molecular weight is 144 g/mol. The lowest BCUT2D eigenvalue weighted by Crippen LogP contribution is -2.17. The molecule has 60 valence electrons. The van der Waals surface area contributed by atoms with Crippen LogP contribution in [0.2, 0.25) is 0 Å². The third-order valence-corrected chi connectivity index (χ3v) is 2.56. The fourth-order valence-corrected chi connectivity index (χ4v) is 1.83. The van der Waals surface area contributed by atoms with Crippen molar-refractivity contribution in [3.63, 3.8) is 0 Å². The minimum Gasteiger partial charge on any atom is -0.396 e. The van der Waals surface area contributed by atoms with Crippen molar-refractivity contribution in [1.82, 2.24) is 0 Å². The molecular formula is C8H16O2. The Balaban J connectivity index is 2.55. The minimum atomic E-state index is -0.197. The van der Waals surface area contributed by atoms with Crippen LogP contribution in [0.3, 0.4) is 0 Å². The van der Waals surface area contributed by atoms with E-state index >= 15 is 0 Å². The van der Waals surface area contributed by atoms with E-state index in [1.807, 2.05) is 13.8 Å². The van der Waals surface area contributed by atoms with Gasteiger partial charge in [-0.15, -0.1) is 0 Å². The number of aliphatic hydroxyl groups excluding tert-OH is 2. The van der Waals surface area contributed by atoms with Crippen LogP contribution in [0.5, 0.6) is 0 Å². The molecule has 1 aliphatic rings. The van der Waals surface area contributed by atoms with Gasteiger partial charge in [-0.1, -0.05) is 13.8 Å². The Bertz CT molecular complexity index is 112. The van der Waals surface area contributed by atoms with Gasteiger partial charge in [0.1, 0.15) is 0 Å². The van der Waals surface area contributed by atoms with Gasteiger partial charge in [-0.3, -0.25) is 0 Å². The second-order valence-corrected chi connectivity index (χ2v) is 3.92. The summed E-state index contributed by atoms with van der Waals surface area (Å²) in [6.45, 7) is 4.26. The van der Waals surface area contributed by atoms with Crippen molar-refractivity contribution >= 4 is 0 Å². The highest BCUT2D eigenvalue weighted by atomic mass is 16.3. The molecule has 3 atom stereocenters. The highest BCUT2D eigenvalue weighted by Gasteiger charge is 2.38. The lowest BCUT2D eigenvalue weighted by Gasteiger charge is -2.19. The Labute approximate surface area is 61.9 Å². The van der Waals surface area contributed by atoms with E-state index in [4.69, 9.17) is 5.11 Å². The summed E-state index contributed by atoms with van der Waals surface area (Å²) in [5.41, 5.74) is -0.0150. The number of hydrogen-bond acceptors (Lipinski definition) is 2. The van der Waals surface area contributed by atoms with Gasteiger partial charge >= 0.3 is 0 Å². The van der Waals surface area contributed by atoms with Crippen molar-refractivity contribution in [2.75, 3.05) is 6.61 Å². The highest BCUT2D eigenvalue weighted by Crippen LogP contribution is 2.40. The first-order valence-electron chi connectivity index (χ1n) is 3.86. The average Bonchev–Trinajstić information content (AvgIpc) is 2.10.